The first-order valence-corrected chi connectivity index (χ1v) is 4.84. The first kappa shape index (κ1) is 11.0. The van der Waals surface area contributed by atoms with Crippen molar-refractivity contribution in [1.29, 1.82) is 0 Å². The van der Waals surface area contributed by atoms with Crippen molar-refractivity contribution in [2.45, 2.75) is 59.0 Å². The summed E-state index contributed by atoms with van der Waals surface area (Å²) in [5.74, 6) is 0.728. The van der Waals surface area contributed by atoms with Crippen molar-refractivity contribution in [1.82, 2.24) is 0 Å². The lowest BCUT2D eigenvalue weighted by atomic mass is 10.0. The van der Waals surface area contributed by atoms with Gasteiger partial charge in [-0.2, -0.15) is 0 Å². The Bertz CT molecular complexity index is 78.9. The van der Waals surface area contributed by atoms with E-state index in [1.165, 1.54) is 12.8 Å². The van der Waals surface area contributed by atoms with Gasteiger partial charge < -0.3 is 5.11 Å². The lowest BCUT2D eigenvalue weighted by Crippen LogP contribution is -2.07. The number of aliphatic hydroxyl groups excluding tert-OH is 1. The SMILES string of the molecule is CCCCC(O)CCC(C)C. The quantitative estimate of drug-likeness (QED) is 0.630. The predicted octanol–water partition coefficient (Wildman–Crippen LogP) is 2.97. The molecule has 0 heterocycles. The number of aliphatic hydroxyl groups is 1. The van der Waals surface area contributed by atoms with Gasteiger partial charge in [0.15, 0.2) is 0 Å². The molecule has 0 rings (SSSR count). The van der Waals surface area contributed by atoms with Crippen LogP contribution in [-0.2, 0) is 0 Å². The average molecular weight is 158 g/mol. The van der Waals surface area contributed by atoms with E-state index in [9.17, 15) is 5.11 Å². The molecule has 0 saturated heterocycles. The molecule has 0 radical (unpaired) electrons. The molecule has 0 aromatic heterocycles. The predicted molar refractivity (Wildman–Crippen MR) is 49.6 cm³/mol. The Balaban J connectivity index is 3.15. The molecule has 1 N–H and O–H groups in total. The molecule has 0 aromatic carbocycles. The van der Waals surface area contributed by atoms with Gasteiger partial charge >= 0.3 is 0 Å². The Hall–Kier alpha value is -0.0400. The Morgan fingerprint density at radius 1 is 1.09 bits per heavy atom. The van der Waals surface area contributed by atoms with Crippen molar-refractivity contribution >= 4 is 0 Å². The normalized spacial score (nSPS) is 13.9. The van der Waals surface area contributed by atoms with E-state index in [2.05, 4.69) is 20.8 Å². The van der Waals surface area contributed by atoms with E-state index >= 15 is 0 Å². The summed E-state index contributed by atoms with van der Waals surface area (Å²) in [4.78, 5) is 0. The molecule has 0 aliphatic heterocycles. The summed E-state index contributed by atoms with van der Waals surface area (Å²) < 4.78 is 0. The van der Waals surface area contributed by atoms with Crippen LogP contribution in [-0.4, -0.2) is 11.2 Å². The highest BCUT2D eigenvalue weighted by atomic mass is 16.3. The van der Waals surface area contributed by atoms with Crippen molar-refractivity contribution in [3.05, 3.63) is 0 Å². The van der Waals surface area contributed by atoms with Gasteiger partial charge in [0, 0.05) is 0 Å². The van der Waals surface area contributed by atoms with Crippen LogP contribution in [0.4, 0.5) is 0 Å². The summed E-state index contributed by atoms with van der Waals surface area (Å²) in [6, 6.07) is 0. The zero-order valence-corrected chi connectivity index (χ0v) is 8.14. The van der Waals surface area contributed by atoms with Crippen LogP contribution in [0.5, 0.6) is 0 Å². The molecule has 0 bridgehead atoms. The van der Waals surface area contributed by atoms with Gasteiger partial charge in [-0.1, -0.05) is 33.6 Å². The summed E-state index contributed by atoms with van der Waals surface area (Å²) in [5.41, 5.74) is 0. The molecular formula is C10H22O. The van der Waals surface area contributed by atoms with Gasteiger partial charge in [-0.15, -0.1) is 0 Å². The molecule has 1 nitrogen and oxygen atoms in total. The molecule has 0 fully saturated rings. The molecule has 0 spiro atoms. The summed E-state index contributed by atoms with van der Waals surface area (Å²) >= 11 is 0. The average Bonchev–Trinajstić information content (AvgIpc) is 1.97. The second-order valence-corrected chi connectivity index (χ2v) is 3.77. The highest BCUT2D eigenvalue weighted by Gasteiger charge is 2.03. The maximum atomic E-state index is 9.43. The molecule has 1 unspecified atom stereocenters. The van der Waals surface area contributed by atoms with E-state index in [4.69, 9.17) is 0 Å². The van der Waals surface area contributed by atoms with Crippen molar-refractivity contribution in [3.8, 4) is 0 Å². The number of unbranched alkanes of at least 4 members (excludes halogenated alkanes) is 1. The van der Waals surface area contributed by atoms with Crippen molar-refractivity contribution in [2.24, 2.45) is 5.92 Å². The van der Waals surface area contributed by atoms with Crippen LogP contribution in [0, 0.1) is 5.92 Å². The van der Waals surface area contributed by atoms with Gasteiger partial charge in [0.25, 0.3) is 0 Å². The van der Waals surface area contributed by atoms with Gasteiger partial charge in [0.1, 0.15) is 0 Å². The fraction of sp³-hybridized carbons (Fsp3) is 1.00. The van der Waals surface area contributed by atoms with Gasteiger partial charge in [0.05, 0.1) is 6.10 Å². The highest BCUT2D eigenvalue weighted by Crippen LogP contribution is 2.10. The van der Waals surface area contributed by atoms with Crippen molar-refractivity contribution in [2.75, 3.05) is 0 Å². The maximum Gasteiger partial charge on any atom is 0.0540 e. The minimum Gasteiger partial charge on any atom is -0.393 e. The van der Waals surface area contributed by atoms with E-state index in [0.717, 1.165) is 25.2 Å². The van der Waals surface area contributed by atoms with Gasteiger partial charge in [-0.3, -0.25) is 0 Å². The number of rotatable bonds is 6. The van der Waals surface area contributed by atoms with Gasteiger partial charge in [0.2, 0.25) is 0 Å². The van der Waals surface area contributed by atoms with E-state index in [0.29, 0.717) is 0 Å². The van der Waals surface area contributed by atoms with Crippen LogP contribution in [0.25, 0.3) is 0 Å². The third-order valence-electron chi connectivity index (χ3n) is 1.97. The number of hydrogen-bond donors (Lipinski definition) is 1. The van der Waals surface area contributed by atoms with Crippen LogP contribution in [0.15, 0.2) is 0 Å². The highest BCUT2D eigenvalue weighted by molar-refractivity contribution is 4.57. The molecule has 0 amide bonds. The molecular weight excluding hydrogens is 136 g/mol. The largest absolute Gasteiger partial charge is 0.393 e. The Morgan fingerprint density at radius 2 is 1.73 bits per heavy atom. The minimum atomic E-state index is -0.0441. The summed E-state index contributed by atoms with van der Waals surface area (Å²) in [5, 5.41) is 9.43. The first-order valence-electron chi connectivity index (χ1n) is 4.84. The molecule has 68 valence electrons. The second-order valence-electron chi connectivity index (χ2n) is 3.77. The summed E-state index contributed by atoms with van der Waals surface area (Å²) in [6.45, 7) is 6.56. The maximum absolute atomic E-state index is 9.43. The smallest absolute Gasteiger partial charge is 0.0540 e. The fourth-order valence-electron chi connectivity index (χ4n) is 1.11. The minimum absolute atomic E-state index is 0.0441. The van der Waals surface area contributed by atoms with Crippen LogP contribution < -0.4 is 0 Å². The third-order valence-corrected chi connectivity index (χ3v) is 1.97. The molecule has 0 aliphatic rings. The molecule has 1 atom stereocenters. The van der Waals surface area contributed by atoms with E-state index in [1.807, 2.05) is 0 Å². The Kier molecular flexibility index (Phi) is 6.63. The lowest BCUT2D eigenvalue weighted by Gasteiger charge is -2.10. The molecule has 0 aromatic rings. The van der Waals surface area contributed by atoms with Crippen molar-refractivity contribution < 1.29 is 5.11 Å². The van der Waals surface area contributed by atoms with E-state index in [-0.39, 0.29) is 6.10 Å². The Morgan fingerprint density at radius 3 is 2.18 bits per heavy atom. The van der Waals surface area contributed by atoms with Crippen LogP contribution in [0.3, 0.4) is 0 Å². The zero-order chi connectivity index (χ0) is 8.69. The van der Waals surface area contributed by atoms with Gasteiger partial charge in [-0.05, 0) is 25.2 Å². The monoisotopic (exact) mass is 158 g/mol. The standard InChI is InChI=1S/C10H22O/c1-4-5-6-10(11)8-7-9(2)3/h9-11H,4-8H2,1-3H3. The fourth-order valence-corrected chi connectivity index (χ4v) is 1.11. The Labute approximate surface area is 70.8 Å². The van der Waals surface area contributed by atoms with Crippen molar-refractivity contribution in [3.63, 3.8) is 0 Å². The lowest BCUT2D eigenvalue weighted by molar-refractivity contribution is 0.144. The topological polar surface area (TPSA) is 20.2 Å². The molecule has 11 heavy (non-hydrogen) atoms. The van der Waals surface area contributed by atoms with Crippen LogP contribution >= 0.6 is 0 Å². The van der Waals surface area contributed by atoms with Gasteiger partial charge in [-0.25, -0.2) is 0 Å². The molecule has 1 heteroatoms. The first-order chi connectivity index (χ1) is 5.16. The summed E-state index contributed by atoms with van der Waals surface area (Å²) in [6.07, 6.45) is 5.45. The van der Waals surface area contributed by atoms with E-state index in [1.54, 1.807) is 0 Å². The van der Waals surface area contributed by atoms with E-state index < -0.39 is 0 Å². The molecule has 0 saturated carbocycles. The van der Waals surface area contributed by atoms with Crippen LogP contribution in [0.1, 0.15) is 52.9 Å². The third kappa shape index (κ3) is 7.86. The van der Waals surface area contributed by atoms with Crippen LogP contribution in [0.2, 0.25) is 0 Å². The zero-order valence-electron chi connectivity index (χ0n) is 8.14. The summed E-state index contributed by atoms with van der Waals surface area (Å²) in [7, 11) is 0. The number of hydrogen-bond acceptors (Lipinski definition) is 1. The molecule has 0 aliphatic carbocycles. The second kappa shape index (κ2) is 6.66.